The van der Waals surface area contributed by atoms with Gasteiger partial charge in [-0.05, 0) is 37.8 Å². The van der Waals surface area contributed by atoms with E-state index in [4.69, 9.17) is 4.74 Å². The maximum atomic E-state index is 12.4. The lowest BCUT2D eigenvalue weighted by Crippen LogP contribution is -2.40. The van der Waals surface area contributed by atoms with E-state index >= 15 is 0 Å². The number of nitrogens with one attached hydrogen (secondary N) is 1. The number of ether oxygens (including phenoxy) is 1. The second-order valence-electron chi connectivity index (χ2n) is 6.95. The molecule has 0 spiro atoms. The molecule has 0 saturated heterocycles. The predicted octanol–water partition coefficient (Wildman–Crippen LogP) is 3.76. The third-order valence-electron chi connectivity index (χ3n) is 4.95. The molecular weight excluding hydrogens is 348 g/mol. The second-order valence-corrected chi connectivity index (χ2v) is 7.96. The molecule has 26 heavy (non-hydrogen) atoms. The van der Waals surface area contributed by atoms with Crippen molar-refractivity contribution in [1.82, 2.24) is 15.2 Å². The molecule has 5 rings (SSSR count). The van der Waals surface area contributed by atoms with Gasteiger partial charge in [-0.3, -0.25) is 9.78 Å². The Morgan fingerprint density at radius 1 is 1.15 bits per heavy atom. The molecule has 0 aliphatic heterocycles. The molecule has 0 atom stereocenters. The van der Waals surface area contributed by atoms with E-state index in [1.54, 1.807) is 6.20 Å². The van der Waals surface area contributed by atoms with Crippen molar-refractivity contribution in [3.8, 4) is 5.75 Å². The smallest absolute Gasteiger partial charge is 0.229 e. The van der Waals surface area contributed by atoms with Gasteiger partial charge in [0, 0.05) is 23.4 Å². The number of nitrogens with zero attached hydrogens (tertiary/aromatic N) is 3. The molecule has 2 aromatic heterocycles. The van der Waals surface area contributed by atoms with E-state index < -0.39 is 0 Å². The summed E-state index contributed by atoms with van der Waals surface area (Å²) in [7, 11) is 0. The summed E-state index contributed by atoms with van der Waals surface area (Å²) < 4.78 is 6.07. The molecule has 7 heteroatoms. The van der Waals surface area contributed by atoms with Gasteiger partial charge >= 0.3 is 0 Å². The molecule has 2 fully saturated rings. The van der Waals surface area contributed by atoms with Crippen LogP contribution >= 0.6 is 11.3 Å². The van der Waals surface area contributed by atoms with E-state index in [-0.39, 0.29) is 17.9 Å². The fourth-order valence-electron chi connectivity index (χ4n) is 3.21. The number of carbonyl (C=O) groups is 1. The highest BCUT2D eigenvalue weighted by molar-refractivity contribution is 7.15. The molecule has 2 aliphatic rings. The van der Waals surface area contributed by atoms with Crippen molar-refractivity contribution in [2.24, 2.45) is 5.92 Å². The highest BCUT2D eigenvalue weighted by Gasteiger charge is 2.37. The van der Waals surface area contributed by atoms with Gasteiger partial charge in [-0.1, -0.05) is 29.5 Å². The maximum Gasteiger partial charge on any atom is 0.229 e. The van der Waals surface area contributed by atoms with E-state index in [0.29, 0.717) is 23.9 Å². The van der Waals surface area contributed by atoms with Crippen LogP contribution in [0.25, 0.3) is 10.9 Å². The summed E-state index contributed by atoms with van der Waals surface area (Å²) in [6.45, 7) is 0. The zero-order valence-electron chi connectivity index (χ0n) is 14.1. The number of rotatable bonds is 5. The van der Waals surface area contributed by atoms with Crippen LogP contribution in [0.5, 0.6) is 5.75 Å². The standard InChI is InChI=1S/C19H18N4O2S/c24-17(21-19-23-22-18(26-19)12-6-7-12)13-9-14(10-13)25-15-5-1-3-11-4-2-8-20-16(11)15/h1-5,8,12-14H,6-7,9-10H2,(H,21,23,24)/t13-,14-. The van der Waals surface area contributed by atoms with Crippen molar-refractivity contribution in [3.63, 3.8) is 0 Å². The van der Waals surface area contributed by atoms with Crippen LogP contribution in [0.2, 0.25) is 0 Å². The van der Waals surface area contributed by atoms with E-state index in [0.717, 1.165) is 21.7 Å². The number of benzene rings is 1. The first-order valence-electron chi connectivity index (χ1n) is 8.91. The molecule has 2 saturated carbocycles. The fourth-order valence-corrected chi connectivity index (χ4v) is 4.13. The minimum absolute atomic E-state index is 0.0133. The SMILES string of the molecule is O=C(Nc1nnc(C2CC2)s1)[C@H]1C[C@H](Oc2cccc3cccnc23)C1. The van der Waals surface area contributed by atoms with Crippen LogP contribution in [-0.4, -0.2) is 27.2 Å². The van der Waals surface area contributed by atoms with Crippen molar-refractivity contribution in [3.05, 3.63) is 41.5 Å². The zero-order chi connectivity index (χ0) is 17.5. The molecule has 132 valence electrons. The van der Waals surface area contributed by atoms with Crippen LogP contribution in [0.4, 0.5) is 5.13 Å². The van der Waals surface area contributed by atoms with Crippen molar-refractivity contribution < 1.29 is 9.53 Å². The first kappa shape index (κ1) is 15.7. The number of carbonyl (C=O) groups excluding carboxylic acids is 1. The number of aromatic nitrogens is 3. The number of amides is 1. The lowest BCUT2D eigenvalue weighted by atomic mass is 9.81. The van der Waals surface area contributed by atoms with E-state index in [1.165, 1.54) is 24.2 Å². The Labute approximate surface area is 154 Å². The van der Waals surface area contributed by atoms with E-state index in [2.05, 4.69) is 20.5 Å². The Kier molecular flexibility index (Phi) is 3.81. The monoisotopic (exact) mass is 366 g/mol. The highest BCUT2D eigenvalue weighted by atomic mass is 32.1. The Balaban J connectivity index is 1.18. The highest BCUT2D eigenvalue weighted by Crippen LogP contribution is 2.42. The van der Waals surface area contributed by atoms with E-state index in [9.17, 15) is 4.79 Å². The molecule has 6 nitrogen and oxygen atoms in total. The molecule has 3 aromatic rings. The summed E-state index contributed by atoms with van der Waals surface area (Å²) in [5, 5.41) is 13.8. The van der Waals surface area contributed by atoms with Crippen LogP contribution in [-0.2, 0) is 4.79 Å². The van der Waals surface area contributed by atoms with Crippen molar-refractivity contribution in [1.29, 1.82) is 0 Å². The number of para-hydroxylation sites is 1. The van der Waals surface area contributed by atoms with Gasteiger partial charge in [0.2, 0.25) is 11.0 Å². The van der Waals surface area contributed by atoms with Gasteiger partial charge in [0.25, 0.3) is 0 Å². The van der Waals surface area contributed by atoms with Gasteiger partial charge in [0.15, 0.2) is 0 Å². The third kappa shape index (κ3) is 3.03. The van der Waals surface area contributed by atoms with Gasteiger partial charge < -0.3 is 10.1 Å². The van der Waals surface area contributed by atoms with Gasteiger partial charge in [0.1, 0.15) is 22.4 Å². The van der Waals surface area contributed by atoms with Crippen LogP contribution in [0.1, 0.15) is 36.6 Å². The molecule has 0 bridgehead atoms. The van der Waals surface area contributed by atoms with Gasteiger partial charge in [-0.25, -0.2) is 0 Å². The molecule has 1 N–H and O–H groups in total. The minimum atomic E-state index is -0.0313. The first-order valence-corrected chi connectivity index (χ1v) is 9.72. The summed E-state index contributed by atoms with van der Waals surface area (Å²) in [5.41, 5.74) is 0.865. The Hall–Kier alpha value is -2.54. The molecule has 2 aliphatic carbocycles. The lowest BCUT2D eigenvalue weighted by molar-refractivity contribution is -0.125. The zero-order valence-corrected chi connectivity index (χ0v) is 14.9. The number of anilines is 1. The normalized spacial score (nSPS) is 22.0. The van der Waals surface area contributed by atoms with Crippen molar-refractivity contribution in [2.45, 2.75) is 37.7 Å². The van der Waals surface area contributed by atoms with Crippen LogP contribution in [0, 0.1) is 5.92 Å². The molecule has 1 aromatic carbocycles. The minimum Gasteiger partial charge on any atom is -0.488 e. The van der Waals surface area contributed by atoms with Gasteiger partial charge in [-0.2, -0.15) is 0 Å². The Bertz CT molecular complexity index is 958. The molecule has 0 radical (unpaired) electrons. The van der Waals surface area contributed by atoms with Crippen LogP contribution in [0.15, 0.2) is 36.5 Å². The largest absolute Gasteiger partial charge is 0.488 e. The first-order chi connectivity index (χ1) is 12.8. The number of fused-ring (bicyclic) bond motifs is 1. The van der Waals surface area contributed by atoms with Gasteiger partial charge in [0.05, 0.1) is 0 Å². The second kappa shape index (κ2) is 6.32. The predicted molar refractivity (Wildman–Crippen MR) is 99.4 cm³/mol. The number of hydrogen-bond acceptors (Lipinski definition) is 6. The van der Waals surface area contributed by atoms with Gasteiger partial charge in [-0.15, -0.1) is 10.2 Å². The summed E-state index contributed by atoms with van der Waals surface area (Å²) >= 11 is 1.49. The Morgan fingerprint density at radius 3 is 2.85 bits per heavy atom. The van der Waals surface area contributed by atoms with Crippen molar-refractivity contribution in [2.75, 3.05) is 5.32 Å². The molecule has 1 amide bonds. The molecule has 2 heterocycles. The fraction of sp³-hybridized carbons (Fsp3) is 0.368. The number of pyridine rings is 1. The lowest BCUT2D eigenvalue weighted by Gasteiger charge is -2.34. The number of hydrogen-bond donors (Lipinski definition) is 1. The van der Waals surface area contributed by atoms with Crippen molar-refractivity contribution >= 4 is 33.3 Å². The van der Waals surface area contributed by atoms with Crippen LogP contribution in [0.3, 0.4) is 0 Å². The topological polar surface area (TPSA) is 77.0 Å². The quantitative estimate of drug-likeness (QED) is 0.744. The summed E-state index contributed by atoms with van der Waals surface area (Å²) in [6.07, 6.45) is 5.62. The summed E-state index contributed by atoms with van der Waals surface area (Å²) in [4.78, 5) is 16.8. The van der Waals surface area contributed by atoms with Crippen LogP contribution < -0.4 is 10.1 Å². The summed E-state index contributed by atoms with van der Waals surface area (Å²) in [5.74, 6) is 1.33. The third-order valence-corrected chi connectivity index (χ3v) is 5.95. The molecule has 0 unspecified atom stereocenters. The average molecular weight is 366 g/mol. The Morgan fingerprint density at radius 2 is 2.00 bits per heavy atom. The average Bonchev–Trinajstić information content (AvgIpc) is 3.37. The van der Waals surface area contributed by atoms with E-state index in [1.807, 2.05) is 30.3 Å². The summed E-state index contributed by atoms with van der Waals surface area (Å²) in [6, 6.07) is 9.85. The maximum absolute atomic E-state index is 12.4. The molecular formula is C19H18N4O2S.